The fraction of sp³-hybridized carbons (Fsp3) is 0.294. The molecule has 1 aromatic carbocycles. The number of pyridine rings is 1. The molecule has 1 atom stereocenters. The second-order valence-corrected chi connectivity index (χ2v) is 5.48. The molecule has 22 heavy (non-hydrogen) atoms. The molecular weight excluding hydrogens is 278 g/mol. The lowest BCUT2D eigenvalue weighted by molar-refractivity contribution is 0.0941. The van der Waals surface area contributed by atoms with Gasteiger partial charge in [-0.1, -0.05) is 24.3 Å². The maximum Gasteiger partial charge on any atom is 0.253 e. The molecule has 0 aliphatic carbocycles. The third-order valence-electron chi connectivity index (χ3n) is 3.61. The normalized spacial score (nSPS) is 12.2. The first kappa shape index (κ1) is 16.0. The van der Waals surface area contributed by atoms with Gasteiger partial charge in [0.05, 0.1) is 17.8 Å². The molecule has 1 aromatic heterocycles. The molecule has 1 amide bonds. The van der Waals surface area contributed by atoms with E-state index in [0.29, 0.717) is 12.1 Å². The van der Waals surface area contributed by atoms with Gasteiger partial charge in [0.2, 0.25) is 0 Å². The van der Waals surface area contributed by atoms with Crippen molar-refractivity contribution in [3.63, 3.8) is 0 Å². The minimum Gasteiger partial charge on any atom is -0.506 e. The van der Waals surface area contributed by atoms with Crippen LogP contribution in [0.4, 0.5) is 0 Å². The van der Waals surface area contributed by atoms with Crippen LogP contribution < -0.4 is 5.32 Å². The van der Waals surface area contributed by atoms with Gasteiger partial charge in [0, 0.05) is 12.7 Å². The Labute approximate surface area is 130 Å². The van der Waals surface area contributed by atoms with Crippen molar-refractivity contribution in [1.29, 1.82) is 0 Å². The maximum absolute atomic E-state index is 12.2. The van der Waals surface area contributed by atoms with Gasteiger partial charge < -0.3 is 15.3 Å². The van der Waals surface area contributed by atoms with Crippen molar-refractivity contribution in [2.75, 3.05) is 20.6 Å². The van der Waals surface area contributed by atoms with E-state index in [1.807, 2.05) is 26.2 Å². The topological polar surface area (TPSA) is 65.5 Å². The summed E-state index contributed by atoms with van der Waals surface area (Å²) in [6.07, 6.45) is 2.74. The summed E-state index contributed by atoms with van der Waals surface area (Å²) in [5, 5.41) is 12.3. The van der Waals surface area contributed by atoms with Crippen molar-refractivity contribution in [2.45, 2.75) is 13.0 Å². The molecule has 1 unspecified atom stereocenters. The zero-order chi connectivity index (χ0) is 16.1. The van der Waals surface area contributed by atoms with E-state index in [-0.39, 0.29) is 17.7 Å². The van der Waals surface area contributed by atoms with Crippen LogP contribution in [0.25, 0.3) is 0 Å². The smallest absolute Gasteiger partial charge is 0.253 e. The van der Waals surface area contributed by atoms with E-state index in [9.17, 15) is 9.90 Å². The molecule has 5 nitrogen and oxygen atoms in total. The van der Waals surface area contributed by atoms with Crippen LogP contribution in [0.3, 0.4) is 0 Å². The summed E-state index contributed by atoms with van der Waals surface area (Å²) >= 11 is 0. The number of amides is 1. The first-order valence-electron chi connectivity index (χ1n) is 7.13. The Kier molecular flexibility index (Phi) is 5.12. The molecule has 0 radical (unpaired) electrons. The Bertz CT molecular complexity index is 656. The highest BCUT2D eigenvalue weighted by Crippen LogP contribution is 2.21. The molecule has 1 heterocycles. The van der Waals surface area contributed by atoms with E-state index in [2.05, 4.69) is 34.3 Å². The fourth-order valence-corrected chi connectivity index (χ4v) is 2.37. The molecule has 0 saturated carbocycles. The summed E-state index contributed by atoms with van der Waals surface area (Å²) < 4.78 is 0. The van der Waals surface area contributed by atoms with Crippen LogP contribution in [0.2, 0.25) is 0 Å². The Balaban J connectivity index is 2.10. The van der Waals surface area contributed by atoms with Crippen molar-refractivity contribution in [1.82, 2.24) is 15.2 Å². The lowest BCUT2D eigenvalue weighted by atomic mass is 10.0. The molecule has 2 rings (SSSR count). The number of nitrogens with zero attached hydrogens (tertiary/aromatic N) is 2. The molecule has 0 aliphatic rings. The lowest BCUT2D eigenvalue weighted by Gasteiger charge is -2.26. The molecular formula is C17H21N3O2. The van der Waals surface area contributed by atoms with E-state index in [4.69, 9.17) is 0 Å². The molecule has 0 spiro atoms. The number of benzene rings is 1. The first-order valence-corrected chi connectivity index (χ1v) is 7.13. The van der Waals surface area contributed by atoms with Crippen LogP contribution in [0.1, 0.15) is 27.5 Å². The summed E-state index contributed by atoms with van der Waals surface area (Å²) in [6, 6.07) is 9.62. The van der Waals surface area contributed by atoms with Gasteiger partial charge in [-0.15, -0.1) is 0 Å². The second-order valence-electron chi connectivity index (χ2n) is 5.48. The van der Waals surface area contributed by atoms with Crippen molar-refractivity contribution in [3.8, 4) is 5.75 Å². The number of rotatable bonds is 5. The van der Waals surface area contributed by atoms with Gasteiger partial charge in [-0.05, 0) is 38.2 Å². The predicted molar refractivity (Wildman–Crippen MR) is 85.8 cm³/mol. The SMILES string of the molecule is Cc1ccccc1C(CNC(=O)c1cncc(O)c1)N(C)C. The molecule has 0 saturated heterocycles. The Morgan fingerprint density at radius 2 is 2.05 bits per heavy atom. The number of carbonyl (C=O) groups is 1. The Morgan fingerprint density at radius 1 is 1.32 bits per heavy atom. The van der Waals surface area contributed by atoms with E-state index < -0.39 is 0 Å². The van der Waals surface area contributed by atoms with Crippen LogP contribution in [-0.2, 0) is 0 Å². The van der Waals surface area contributed by atoms with Crippen molar-refractivity contribution in [3.05, 3.63) is 59.4 Å². The molecule has 0 fully saturated rings. The van der Waals surface area contributed by atoms with Gasteiger partial charge in [-0.3, -0.25) is 9.78 Å². The van der Waals surface area contributed by atoms with Crippen molar-refractivity contribution in [2.24, 2.45) is 0 Å². The van der Waals surface area contributed by atoms with Crippen LogP contribution >= 0.6 is 0 Å². The van der Waals surface area contributed by atoms with Crippen LogP contribution in [0, 0.1) is 6.92 Å². The number of hydrogen-bond acceptors (Lipinski definition) is 4. The number of aryl methyl sites for hydroxylation is 1. The molecule has 0 aliphatic heterocycles. The standard InChI is InChI=1S/C17H21N3O2/c1-12-6-4-5-7-15(12)16(20(2)3)11-19-17(22)13-8-14(21)10-18-9-13/h4-10,16,21H,11H2,1-3H3,(H,19,22). The highest BCUT2D eigenvalue weighted by molar-refractivity contribution is 5.94. The molecule has 5 heteroatoms. The highest BCUT2D eigenvalue weighted by Gasteiger charge is 2.17. The predicted octanol–water partition coefficient (Wildman–Crippen LogP) is 2.13. The Hall–Kier alpha value is -2.40. The third-order valence-corrected chi connectivity index (χ3v) is 3.61. The van der Waals surface area contributed by atoms with Gasteiger partial charge in [0.15, 0.2) is 0 Å². The quantitative estimate of drug-likeness (QED) is 0.887. The second kappa shape index (κ2) is 7.04. The number of likely N-dealkylation sites (N-methyl/N-ethyl adjacent to an activating group) is 1. The summed E-state index contributed by atoms with van der Waals surface area (Å²) in [4.78, 5) is 18.1. The Morgan fingerprint density at radius 3 is 2.68 bits per heavy atom. The number of nitrogens with one attached hydrogen (secondary N) is 1. The zero-order valence-corrected chi connectivity index (χ0v) is 13.1. The monoisotopic (exact) mass is 299 g/mol. The average Bonchev–Trinajstić information content (AvgIpc) is 2.48. The van der Waals surface area contributed by atoms with Gasteiger partial charge >= 0.3 is 0 Å². The zero-order valence-electron chi connectivity index (χ0n) is 13.1. The molecule has 2 N–H and O–H groups in total. The number of aromatic nitrogens is 1. The number of hydrogen-bond donors (Lipinski definition) is 2. The summed E-state index contributed by atoms with van der Waals surface area (Å²) in [5.74, 6) is -0.264. The van der Waals surface area contributed by atoms with Crippen molar-refractivity contribution < 1.29 is 9.90 Å². The molecule has 0 bridgehead atoms. The minimum atomic E-state index is -0.246. The van der Waals surface area contributed by atoms with Crippen LogP contribution in [-0.4, -0.2) is 41.5 Å². The first-order chi connectivity index (χ1) is 10.5. The minimum absolute atomic E-state index is 0.0179. The van der Waals surface area contributed by atoms with Crippen LogP contribution in [0.15, 0.2) is 42.7 Å². The van der Waals surface area contributed by atoms with Crippen molar-refractivity contribution >= 4 is 5.91 Å². The average molecular weight is 299 g/mol. The summed E-state index contributed by atoms with van der Waals surface area (Å²) in [5.41, 5.74) is 2.72. The van der Waals surface area contributed by atoms with E-state index in [1.54, 1.807) is 0 Å². The number of carbonyl (C=O) groups excluding carboxylic acids is 1. The van der Waals surface area contributed by atoms with Crippen LogP contribution in [0.5, 0.6) is 5.75 Å². The van der Waals surface area contributed by atoms with Gasteiger partial charge in [-0.2, -0.15) is 0 Å². The molecule has 116 valence electrons. The van der Waals surface area contributed by atoms with E-state index >= 15 is 0 Å². The highest BCUT2D eigenvalue weighted by atomic mass is 16.3. The fourth-order valence-electron chi connectivity index (χ4n) is 2.37. The summed E-state index contributed by atoms with van der Waals surface area (Å²) in [7, 11) is 3.97. The van der Waals surface area contributed by atoms with Gasteiger partial charge in [-0.25, -0.2) is 0 Å². The van der Waals surface area contributed by atoms with E-state index in [0.717, 1.165) is 0 Å². The third kappa shape index (κ3) is 3.83. The van der Waals surface area contributed by atoms with Gasteiger partial charge in [0.25, 0.3) is 5.91 Å². The molecule has 2 aromatic rings. The maximum atomic E-state index is 12.2. The van der Waals surface area contributed by atoms with Gasteiger partial charge in [0.1, 0.15) is 5.75 Å². The number of aromatic hydroxyl groups is 1. The van der Waals surface area contributed by atoms with E-state index in [1.165, 1.54) is 29.6 Å². The largest absolute Gasteiger partial charge is 0.506 e. The summed E-state index contributed by atoms with van der Waals surface area (Å²) in [6.45, 7) is 2.54. The lowest BCUT2D eigenvalue weighted by Crippen LogP contribution is -2.34.